The van der Waals surface area contributed by atoms with Gasteiger partial charge in [-0.3, -0.25) is 0 Å². The molecule has 0 bridgehead atoms. The Balaban J connectivity index is 2.27. The Labute approximate surface area is 118 Å². The summed E-state index contributed by atoms with van der Waals surface area (Å²) in [5.41, 5.74) is 1.34. The molecule has 104 valence electrons. The number of thiophene rings is 1. The Morgan fingerprint density at radius 1 is 1.37 bits per heavy atom. The van der Waals surface area contributed by atoms with Crippen molar-refractivity contribution in [1.82, 2.24) is 5.32 Å². The molecule has 0 spiro atoms. The third-order valence-electron chi connectivity index (χ3n) is 3.13. The zero-order chi connectivity index (χ0) is 13.8. The van der Waals surface area contributed by atoms with E-state index < -0.39 is 0 Å². The molecule has 0 aliphatic rings. The molecule has 0 saturated carbocycles. The predicted octanol–water partition coefficient (Wildman–Crippen LogP) is 3.80. The van der Waals surface area contributed by atoms with E-state index in [1.807, 2.05) is 23.5 Å². The third-order valence-corrected chi connectivity index (χ3v) is 4.35. The zero-order valence-electron chi connectivity index (χ0n) is 11.9. The summed E-state index contributed by atoms with van der Waals surface area (Å²) in [6.45, 7) is 7.84. The molecule has 0 aliphatic heterocycles. The Kier molecular flexibility index (Phi) is 4.80. The lowest BCUT2D eigenvalue weighted by Crippen LogP contribution is -2.20. The molecule has 4 heteroatoms. The minimum Gasteiger partial charge on any atom is -0.462 e. The first-order valence-electron chi connectivity index (χ1n) is 6.53. The van der Waals surface area contributed by atoms with Crippen LogP contribution in [-0.2, 0) is 11.3 Å². The highest BCUT2D eigenvalue weighted by Crippen LogP contribution is 2.31. The Hall–Kier alpha value is -1.10. The second-order valence-electron chi connectivity index (χ2n) is 4.62. The monoisotopic (exact) mass is 279 g/mol. The number of hydrogen-bond acceptors (Lipinski definition) is 4. The molecule has 2 rings (SSSR count). The normalized spacial score (nSPS) is 12.8. The molecule has 3 nitrogen and oxygen atoms in total. The molecule has 0 saturated heterocycles. The maximum atomic E-state index is 5.86. The second kappa shape index (κ2) is 6.37. The van der Waals surface area contributed by atoms with Gasteiger partial charge in [-0.25, -0.2) is 0 Å². The van der Waals surface area contributed by atoms with Crippen molar-refractivity contribution >= 4 is 11.3 Å². The van der Waals surface area contributed by atoms with Gasteiger partial charge in [0, 0.05) is 16.9 Å². The first-order valence-corrected chi connectivity index (χ1v) is 7.35. The van der Waals surface area contributed by atoms with Gasteiger partial charge < -0.3 is 14.5 Å². The molecule has 19 heavy (non-hydrogen) atoms. The first kappa shape index (κ1) is 14.3. The fourth-order valence-electron chi connectivity index (χ4n) is 2.06. The van der Waals surface area contributed by atoms with Gasteiger partial charge >= 0.3 is 0 Å². The molecule has 2 heterocycles. The number of ether oxygens (including phenoxy) is 1. The minimum absolute atomic E-state index is 0.132. The summed E-state index contributed by atoms with van der Waals surface area (Å²) in [7, 11) is 1.68. The molecular formula is C15H21NO2S. The fourth-order valence-corrected chi connectivity index (χ4v) is 3.19. The van der Waals surface area contributed by atoms with E-state index >= 15 is 0 Å². The number of hydrogen-bond donors (Lipinski definition) is 1. The van der Waals surface area contributed by atoms with E-state index in [2.05, 4.69) is 32.2 Å². The Morgan fingerprint density at radius 3 is 2.74 bits per heavy atom. The summed E-state index contributed by atoms with van der Waals surface area (Å²) in [6.07, 6.45) is 0. The van der Waals surface area contributed by atoms with Gasteiger partial charge in [-0.1, -0.05) is 6.92 Å². The van der Waals surface area contributed by atoms with E-state index in [4.69, 9.17) is 9.15 Å². The van der Waals surface area contributed by atoms with Crippen molar-refractivity contribution in [3.05, 3.63) is 45.0 Å². The van der Waals surface area contributed by atoms with Gasteiger partial charge in [-0.05, 0) is 44.2 Å². The van der Waals surface area contributed by atoms with Crippen LogP contribution in [-0.4, -0.2) is 13.7 Å². The standard InChI is InChI=1S/C15H21NO2S/c1-5-16-15(14-8-10(2)11(3)19-14)13-7-6-12(18-13)9-17-4/h6-8,15-16H,5,9H2,1-4H3. The van der Waals surface area contributed by atoms with Crippen LogP contribution < -0.4 is 5.32 Å². The van der Waals surface area contributed by atoms with Crippen molar-refractivity contribution in [2.45, 2.75) is 33.4 Å². The van der Waals surface area contributed by atoms with E-state index in [-0.39, 0.29) is 6.04 Å². The minimum atomic E-state index is 0.132. The molecule has 0 aromatic carbocycles. The van der Waals surface area contributed by atoms with Crippen LogP contribution in [0.5, 0.6) is 0 Å². The van der Waals surface area contributed by atoms with Gasteiger partial charge in [0.1, 0.15) is 24.2 Å². The Bertz CT molecular complexity index is 510. The third kappa shape index (κ3) is 3.26. The average Bonchev–Trinajstić information content (AvgIpc) is 2.95. The molecule has 2 aromatic heterocycles. The number of rotatable bonds is 6. The second-order valence-corrected chi connectivity index (χ2v) is 5.90. The maximum absolute atomic E-state index is 5.86. The van der Waals surface area contributed by atoms with Gasteiger partial charge in [-0.2, -0.15) is 0 Å². The largest absolute Gasteiger partial charge is 0.462 e. The maximum Gasteiger partial charge on any atom is 0.129 e. The van der Waals surface area contributed by atoms with E-state index in [1.54, 1.807) is 7.11 Å². The van der Waals surface area contributed by atoms with Gasteiger partial charge in [0.25, 0.3) is 0 Å². The van der Waals surface area contributed by atoms with E-state index in [1.165, 1.54) is 15.3 Å². The average molecular weight is 279 g/mol. The molecule has 0 amide bonds. The first-order chi connectivity index (χ1) is 9.15. The molecule has 1 unspecified atom stereocenters. The van der Waals surface area contributed by atoms with Gasteiger partial charge in [0.2, 0.25) is 0 Å². The highest BCUT2D eigenvalue weighted by Gasteiger charge is 2.19. The number of furan rings is 1. The molecule has 1 atom stereocenters. The topological polar surface area (TPSA) is 34.4 Å². The summed E-state index contributed by atoms with van der Waals surface area (Å²) < 4.78 is 11.0. The Morgan fingerprint density at radius 2 is 2.16 bits per heavy atom. The summed E-state index contributed by atoms with van der Waals surface area (Å²) in [6, 6.07) is 6.39. The van der Waals surface area contributed by atoms with Gasteiger partial charge in [0.15, 0.2) is 0 Å². The molecule has 0 fully saturated rings. The summed E-state index contributed by atoms with van der Waals surface area (Å²) in [5, 5.41) is 3.49. The summed E-state index contributed by atoms with van der Waals surface area (Å²) in [4.78, 5) is 2.66. The van der Waals surface area contributed by atoms with Crippen molar-refractivity contribution < 1.29 is 9.15 Å². The van der Waals surface area contributed by atoms with Crippen LogP contribution in [0.2, 0.25) is 0 Å². The molecular weight excluding hydrogens is 258 g/mol. The van der Waals surface area contributed by atoms with Crippen LogP contribution in [0.1, 0.15) is 39.8 Å². The van der Waals surface area contributed by atoms with E-state index in [0.29, 0.717) is 6.61 Å². The highest BCUT2D eigenvalue weighted by atomic mass is 32.1. The van der Waals surface area contributed by atoms with Crippen LogP contribution in [0.4, 0.5) is 0 Å². The van der Waals surface area contributed by atoms with Crippen molar-refractivity contribution in [2.75, 3.05) is 13.7 Å². The summed E-state index contributed by atoms with van der Waals surface area (Å²) in [5.74, 6) is 1.82. The van der Waals surface area contributed by atoms with Gasteiger partial charge in [-0.15, -0.1) is 11.3 Å². The van der Waals surface area contributed by atoms with Crippen LogP contribution >= 0.6 is 11.3 Å². The van der Waals surface area contributed by atoms with E-state index in [0.717, 1.165) is 18.1 Å². The van der Waals surface area contributed by atoms with Crippen LogP contribution in [0.3, 0.4) is 0 Å². The lowest BCUT2D eigenvalue weighted by molar-refractivity contribution is 0.162. The van der Waals surface area contributed by atoms with E-state index in [9.17, 15) is 0 Å². The van der Waals surface area contributed by atoms with Crippen molar-refractivity contribution in [3.63, 3.8) is 0 Å². The van der Waals surface area contributed by atoms with Crippen molar-refractivity contribution in [3.8, 4) is 0 Å². The number of nitrogens with one attached hydrogen (secondary N) is 1. The quantitative estimate of drug-likeness (QED) is 0.873. The van der Waals surface area contributed by atoms with Crippen molar-refractivity contribution in [1.29, 1.82) is 0 Å². The SMILES string of the molecule is CCNC(c1ccc(COC)o1)c1cc(C)c(C)s1. The smallest absolute Gasteiger partial charge is 0.129 e. The predicted molar refractivity (Wildman–Crippen MR) is 78.7 cm³/mol. The molecule has 2 aromatic rings. The lowest BCUT2D eigenvalue weighted by Gasteiger charge is -2.13. The fraction of sp³-hybridized carbons (Fsp3) is 0.467. The lowest BCUT2D eigenvalue weighted by atomic mass is 10.1. The van der Waals surface area contributed by atoms with Crippen LogP contribution in [0.25, 0.3) is 0 Å². The van der Waals surface area contributed by atoms with Crippen molar-refractivity contribution in [2.24, 2.45) is 0 Å². The van der Waals surface area contributed by atoms with Gasteiger partial charge in [0.05, 0.1) is 0 Å². The summed E-state index contributed by atoms with van der Waals surface area (Å²) >= 11 is 1.83. The van der Waals surface area contributed by atoms with Crippen LogP contribution in [0, 0.1) is 13.8 Å². The molecule has 0 aliphatic carbocycles. The molecule has 0 radical (unpaired) electrons. The molecule has 1 N–H and O–H groups in total. The number of methoxy groups -OCH3 is 1. The zero-order valence-corrected chi connectivity index (χ0v) is 12.8. The number of aryl methyl sites for hydroxylation is 2. The van der Waals surface area contributed by atoms with Crippen LogP contribution in [0.15, 0.2) is 22.6 Å². The highest BCUT2D eigenvalue weighted by molar-refractivity contribution is 7.12.